The molecule has 2 aromatic rings. The van der Waals surface area contributed by atoms with E-state index in [0.29, 0.717) is 13.1 Å². The van der Waals surface area contributed by atoms with Crippen molar-refractivity contribution in [1.29, 1.82) is 0 Å². The van der Waals surface area contributed by atoms with Crippen molar-refractivity contribution in [3.8, 4) is 0 Å². The van der Waals surface area contributed by atoms with Gasteiger partial charge in [-0.3, -0.25) is 4.79 Å². The number of carboxylic acid groups (broad SMARTS) is 1. The van der Waals surface area contributed by atoms with Crippen molar-refractivity contribution in [3.63, 3.8) is 0 Å². The number of nitrogens with one attached hydrogen (secondary N) is 1. The van der Waals surface area contributed by atoms with Gasteiger partial charge in [-0.05, 0) is 18.2 Å². The van der Waals surface area contributed by atoms with Crippen LogP contribution in [0.4, 0.5) is 0 Å². The molecule has 22 heavy (non-hydrogen) atoms. The van der Waals surface area contributed by atoms with Crippen molar-refractivity contribution in [3.05, 3.63) is 35.0 Å². The molecule has 0 fully saturated rings. The second-order valence-electron chi connectivity index (χ2n) is 6.87. The van der Waals surface area contributed by atoms with Gasteiger partial charge >= 0.3 is 5.97 Å². The summed E-state index contributed by atoms with van der Waals surface area (Å²) in [5.74, 6) is -0.808. The van der Waals surface area contributed by atoms with E-state index in [9.17, 15) is 9.59 Å². The summed E-state index contributed by atoms with van der Waals surface area (Å²) in [6.07, 6.45) is 0.772. The lowest BCUT2D eigenvalue weighted by atomic mass is 9.93. The first-order valence-corrected chi connectivity index (χ1v) is 7.43. The van der Waals surface area contributed by atoms with Gasteiger partial charge in [0.2, 0.25) is 5.91 Å². The average Bonchev–Trinajstić information content (AvgIpc) is 2.82. The average molecular weight is 300 g/mol. The highest BCUT2D eigenvalue weighted by atomic mass is 16.4. The fourth-order valence-corrected chi connectivity index (χ4v) is 2.99. The molecular weight excluding hydrogens is 280 g/mol. The number of fused-ring (bicyclic) bond motifs is 3. The number of carboxylic acids is 1. The topological polar surface area (TPSA) is 73.4 Å². The van der Waals surface area contributed by atoms with Crippen molar-refractivity contribution < 1.29 is 14.7 Å². The number of aromatic carboxylic acids is 1. The van der Waals surface area contributed by atoms with E-state index >= 15 is 0 Å². The molecule has 2 heterocycles. The minimum Gasteiger partial charge on any atom is -0.478 e. The first-order valence-electron chi connectivity index (χ1n) is 7.43. The third-order valence-corrected chi connectivity index (χ3v) is 4.15. The number of H-pyrrole nitrogens is 1. The summed E-state index contributed by atoms with van der Waals surface area (Å²) in [4.78, 5) is 28.9. The fourth-order valence-electron chi connectivity index (χ4n) is 2.99. The van der Waals surface area contributed by atoms with Gasteiger partial charge in [0, 0.05) is 47.1 Å². The fraction of sp³-hybridized carbons (Fsp3) is 0.412. The minimum atomic E-state index is -0.935. The molecule has 1 aromatic heterocycles. The van der Waals surface area contributed by atoms with Gasteiger partial charge < -0.3 is 15.0 Å². The van der Waals surface area contributed by atoms with Gasteiger partial charge in [0.25, 0.3) is 0 Å². The van der Waals surface area contributed by atoms with Crippen LogP contribution in [0.15, 0.2) is 18.2 Å². The molecule has 2 N–H and O–H groups in total. The Bertz CT molecular complexity index is 768. The van der Waals surface area contributed by atoms with Crippen molar-refractivity contribution in [2.24, 2.45) is 5.41 Å². The molecule has 5 heteroatoms. The largest absolute Gasteiger partial charge is 0.478 e. The zero-order chi connectivity index (χ0) is 16.1. The van der Waals surface area contributed by atoms with E-state index in [0.717, 1.165) is 28.6 Å². The maximum atomic E-state index is 12.5. The van der Waals surface area contributed by atoms with Gasteiger partial charge in [-0.25, -0.2) is 4.79 Å². The maximum Gasteiger partial charge on any atom is 0.335 e. The van der Waals surface area contributed by atoms with E-state index in [1.807, 2.05) is 25.7 Å². The van der Waals surface area contributed by atoms with Gasteiger partial charge in [-0.15, -0.1) is 0 Å². The van der Waals surface area contributed by atoms with Crippen LogP contribution in [-0.2, 0) is 17.8 Å². The molecule has 1 aliphatic heterocycles. The predicted molar refractivity (Wildman–Crippen MR) is 83.8 cm³/mol. The highest BCUT2D eigenvalue weighted by molar-refractivity contribution is 5.95. The Balaban J connectivity index is 2.02. The van der Waals surface area contributed by atoms with Crippen LogP contribution < -0.4 is 0 Å². The standard InChI is InChI=1S/C17H20N2O3/c1-17(2,3)16(22)19-7-6-14-12(9-19)11-8-10(15(20)21)4-5-13(11)18-14/h4-5,8,18H,6-7,9H2,1-3H3,(H,20,21). The molecule has 1 aromatic carbocycles. The summed E-state index contributed by atoms with van der Waals surface area (Å²) in [5.41, 5.74) is 2.95. The second-order valence-corrected chi connectivity index (χ2v) is 6.87. The quantitative estimate of drug-likeness (QED) is 0.850. The number of aromatic amines is 1. The zero-order valence-corrected chi connectivity index (χ0v) is 13.1. The number of carbonyl (C=O) groups is 2. The molecule has 3 rings (SSSR count). The van der Waals surface area contributed by atoms with Crippen molar-refractivity contribution in [1.82, 2.24) is 9.88 Å². The normalized spacial score (nSPS) is 15.0. The van der Waals surface area contributed by atoms with Crippen LogP contribution in [0.2, 0.25) is 0 Å². The van der Waals surface area contributed by atoms with Gasteiger partial charge in [0.15, 0.2) is 0 Å². The van der Waals surface area contributed by atoms with E-state index in [1.54, 1.807) is 18.2 Å². The molecule has 5 nitrogen and oxygen atoms in total. The molecule has 116 valence electrons. The third kappa shape index (κ3) is 2.36. The van der Waals surface area contributed by atoms with Crippen LogP contribution in [-0.4, -0.2) is 33.4 Å². The number of rotatable bonds is 1. The number of carbonyl (C=O) groups excluding carboxylic acids is 1. The van der Waals surface area contributed by atoms with Crippen LogP contribution in [0.3, 0.4) is 0 Å². The summed E-state index contributed by atoms with van der Waals surface area (Å²) in [7, 11) is 0. The van der Waals surface area contributed by atoms with Crippen LogP contribution >= 0.6 is 0 Å². The first kappa shape index (κ1) is 14.6. The first-order chi connectivity index (χ1) is 10.3. The maximum absolute atomic E-state index is 12.5. The molecule has 1 amide bonds. The monoisotopic (exact) mass is 300 g/mol. The molecule has 0 radical (unpaired) electrons. The van der Waals surface area contributed by atoms with E-state index in [1.165, 1.54) is 0 Å². The van der Waals surface area contributed by atoms with Crippen molar-refractivity contribution in [2.75, 3.05) is 6.54 Å². The number of aromatic nitrogens is 1. The molecule has 0 aliphatic carbocycles. The Morgan fingerprint density at radius 1 is 1.27 bits per heavy atom. The molecule has 0 saturated carbocycles. The predicted octanol–water partition coefficient (Wildman–Crippen LogP) is 2.80. The van der Waals surface area contributed by atoms with Crippen LogP contribution in [0.5, 0.6) is 0 Å². The van der Waals surface area contributed by atoms with Crippen molar-refractivity contribution in [2.45, 2.75) is 33.7 Å². The van der Waals surface area contributed by atoms with E-state index in [-0.39, 0.29) is 11.5 Å². The highest BCUT2D eigenvalue weighted by Gasteiger charge is 2.31. The number of amides is 1. The van der Waals surface area contributed by atoms with Gasteiger partial charge in [0.1, 0.15) is 0 Å². The molecule has 0 unspecified atom stereocenters. The van der Waals surface area contributed by atoms with Gasteiger partial charge in [0.05, 0.1) is 5.56 Å². The van der Waals surface area contributed by atoms with E-state index in [2.05, 4.69) is 4.98 Å². The van der Waals surface area contributed by atoms with Gasteiger partial charge in [-0.1, -0.05) is 20.8 Å². The molecular formula is C17H20N2O3. The molecule has 1 aliphatic rings. The summed E-state index contributed by atoms with van der Waals surface area (Å²) < 4.78 is 0. The van der Waals surface area contributed by atoms with E-state index in [4.69, 9.17) is 5.11 Å². The SMILES string of the molecule is CC(C)(C)C(=O)N1CCc2[nH]c3ccc(C(=O)O)cc3c2C1. The molecule has 0 spiro atoms. The minimum absolute atomic E-state index is 0.127. The Morgan fingerprint density at radius 2 is 2.00 bits per heavy atom. The molecule has 0 saturated heterocycles. The van der Waals surface area contributed by atoms with Crippen LogP contribution in [0.25, 0.3) is 10.9 Å². The third-order valence-electron chi connectivity index (χ3n) is 4.15. The number of nitrogens with zero attached hydrogens (tertiary/aromatic N) is 1. The van der Waals surface area contributed by atoms with Crippen LogP contribution in [0, 0.1) is 5.41 Å². The smallest absolute Gasteiger partial charge is 0.335 e. The Labute approximate surface area is 128 Å². The summed E-state index contributed by atoms with van der Waals surface area (Å²) in [6.45, 7) is 6.99. The summed E-state index contributed by atoms with van der Waals surface area (Å²) in [5, 5.41) is 10.1. The number of hydrogen-bond donors (Lipinski definition) is 2. The molecule has 0 bridgehead atoms. The van der Waals surface area contributed by atoms with Gasteiger partial charge in [-0.2, -0.15) is 0 Å². The lowest BCUT2D eigenvalue weighted by Gasteiger charge is -2.32. The number of hydrogen-bond acceptors (Lipinski definition) is 2. The lowest BCUT2D eigenvalue weighted by Crippen LogP contribution is -2.42. The Hall–Kier alpha value is -2.30. The zero-order valence-electron chi connectivity index (χ0n) is 13.1. The Kier molecular flexibility index (Phi) is 3.24. The molecule has 0 atom stereocenters. The Morgan fingerprint density at radius 3 is 2.64 bits per heavy atom. The van der Waals surface area contributed by atoms with Crippen molar-refractivity contribution >= 4 is 22.8 Å². The second kappa shape index (κ2) is 4.87. The van der Waals surface area contributed by atoms with Crippen LogP contribution in [0.1, 0.15) is 42.4 Å². The van der Waals surface area contributed by atoms with E-state index < -0.39 is 11.4 Å². The summed E-state index contributed by atoms with van der Waals surface area (Å²) >= 11 is 0. The number of benzene rings is 1. The summed E-state index contributed by atoms with van der Waals surface area (Å²) in [6, 6.07) is 5.09. The highest BCUT2D eigenvalue weighted by Crippen LogP contribution is 2.30. The lowest BCUT2D eigenvalue weighted by molar-refractivity contribution is -0.140.